The van der Waals surface area contributed by atoms with Gasteiger partial charge in [-0.25, -0.2) is 4.68 Å². The molecule has 2 N–H and O–H groups in total. The summed E-state index contributed by atoms with van der Waals surface area (Å²) in [4.78, 5) is 1.80. The molecule has 0 aliphatic carbocycles. The molecule has 0 aliphatic heterocycles. The molecule has 0 fully saturated rings. The van der Waals surface area contributed by atoms with Gasteiger partial charge in [-0.2, -0.15) is 9.90 Å². The normalized spacial score (nSPS) is 11.5. The van der Waals surface area contributed by atoms with Gasteiger partial charge in [0.2, 0.25) is 0 Å². The van der Waals surface area contributed by atoms with Gasteiger partial charge in [0.1, 0.15) is 15.6 Å². The first-order chi connectivity index (χ1) is 27.7. The molecule has 8 nitrogen and oxygen atoms in total. The number of aliphatic hydroxyl groups excluding tert-OH is 2. The van der Waals surface area contributed by atoms with Crippen LogP contribution in [0.5, 0.6) is 0 Å². The molecule has 0 atom stereocenters. The predicted molar refractivity (Wildman–Crippen MR) is 225 cm³/mol. The summed E-state index contributed by atoms with van der Waals surface area (Å²) in [5, 5.41) is 38.3. The van der Waals surface area contributed by atoms with Crippen LogP contribution < -0.4 is 0 Å². The quantitative estimate of drug-likeness (QED) is 0.0840. The molecule has 0 spiro atoms. The molecule has 8 aromatic rings. The van der Waals surface area contributed by atoms with E-state index in [-0.39, 0.29) is 13.2 Å². The maximum absolute atomic E-state index is 9.15. The Morgan fingerprint density at radius 1 is 0.446 bits per heavy atom. The second-order valence-corrected chi connectivity index (χ2v) is 15.0. The van der Waals surface area contributed by atoms with Gasteiger partial charge < -0.3 is 10.2 Å². The molecule has 0 unspecified atom stereocenters. The van der Waals surface area contributed by atoms with Crippen molar-refractivity contribution in [3.05, 3.63) is 228 Å². The Hall–Kier alpha value is -5.78. The molecular weight excluding hydrogens is 733 g/mol. The molecule has 280 valence electrons. The standard InChI is InChI=1S/2C23H21N3OS/c27-16-17-28-22-18-26(25-24-22)23(19-10-4-1-5-11-19,20-12-6-2-7-13-20)21-14-8-3-9-15-21;27-16-17-28-22-18-24-26(25-22)23(19-10-4-1-5-11-19,20-12-6-2-7-13-20)21-14-8-3-9-15-21/h2*1-15,18,27H,16-17H2. The summed E-state index contributed by atoms with van der Waals surface area (Å²) < 4.78 is 1.94. The number of hydrogen-bond acceptors (Lipinski definition) is 8. The fourth-order valence-electron chi connectivity index (χ4n) is 7.08. The summed E-state index contributed by atoms with van der Waals surface area (Å²) in [6.45, 7) is 0.220. The minimum atomic E-state index is -0.693. The van der Waals surface area contributed by atoms with Gasteiger partial charge in [0.15, 0.2) is 5.54 Å². The Morgan fingerprint density at radius 3 is 1.14 bits per heavy atom. The van der Waals surface area contributed by atoms with Crippen LogP contribution in [0.3, 0.4) is 0 Å². The van der Waals surface area contributed by atoms with E-state index in [1.807, 2.05) is 120 Å². The van der Waals surface area contributed by atoms with Crippen molar-refractivity contribution in [2.24, 2.45) is 0 Å². The topological polar surface area (TPSA) is 102 Å². The summed E-state index contributed by atoms with van der Waals surface area (Å²) in [7, 11) is 0. The number of aromatic nitrogens is 6. The summed E-state index contributed by atoms with van der Waals surface area (Å²) >= 11 is 3.00. The van der Waals surface area contributed by atoms with Gasteiger partial charge in [0.25, 0.3) is 0 Å². The van der Waals surface area contributed by atoms with Gasteiger partial charge in [-0.1, -0.05) is 187 Å². The third-order valence-corrected chi connectivity index (χ3v) is 11.2. The van der Waals surface area contributed by atoms with Crippen LogP contribution in [-0.2, 0) is 11.1 Å². The molecule has 0 saturated heterocycles. The minimum Gasteiger partial charge on any atom is -0.396 e. The maximum Gasteiger partial charge on any atom is 0.157 e. The van der Waals surface area contributed by atoms with E-state index in [9.17, 15) is 0 Å². The molecule has 8 rings (SSSR count). The van der Waals surface area contributed by atoms with Gasteiger partial charge in [0.05, 0.1) is 25.6 Å². The van der Waals surface area contributed by atoms with E-state index in [1.165, 1.54) is 23.5 Å². The molecule has 0 bridgehead atoms. The highest BCUT2D eigenvalue weighted by molar-refractivity contribution is 7.99. The Balaban J connectivity index is 0.000000172. The van der Waals surface area contributed by atoms with E-state index in [4.69, 9.17) is 15.3 Å². The number of aliphatic hydroxyl groups is 2. The van der Waals surface area contributed by atoms with Crippen molar-refractivity contribution in [2.45, 2.75) is 21.1 Å². The lowest BCUT2D eigenvalue weighted by Crippen LogP contribution is -2.39. The minimum absolute atomic E-state index is 0.110. The number of benzene rings is 6. The Labute approximate surface area is 335 Å². The van der Waals surface area contributed by atoms with Crippen LogP contribution in [0, 0.1) is 0 Å². The largest absolute Gasteiger partial charge is 0.396 e. The van der Waals surface area contributed by atoms with Crippen molar-refractivity contribution in [1.29, 1.82) is 0 Å². The highest BCUT2D eigenvalue weighted by Gasteiger charge is 2.41. The first-order valence-corrected chi connectivity index (χ1v) is 20.3. The van der Waals surface area contributed by atoms with Crippen molar-refractivity contribution < 1.29 is 10.2 Å². The SMILES string of the molecule is OCCSc1cn(C(c2ccccc2)(c2ccccc2)c2ccccc2)nn1.OCCSc1cnn(C(c2ccccc2)(c2ccccc2)c2ccccc2)n1. The van der Waals surface area contributed by atoms with Crippen molar-refractivity contribution in [3.63, 3.8) is 0 Å². The van der Waals surface area contributed by atoms with E-state index < -0.39 is 11.1 Å². The highest BCUT2D eigenvalue weighted by atomic mass is 32.2. The van der Waals surface area contributed by atoms with Crippen LogP contribution in [0.25, 0.3) is 0 Å². The number of rotatable bonds is 14. The van der Waals surface area contributed by atoms with Crippen LogP contribution in [0.2, 0.25) is 0 Å². The van der Waals surface area contributed by atoms with Crippen LogP contribution >= 0.6 is 23.5 Å². The molecule has 10 heteroatoms. The molecule has 0 saturated carbocycles. The molecular formula is C46H42N6O2S2. The lowest BCUT2D eigenvalue weighted by Gasteiger charge is -2.35. The van der Waals surface area contributed by atoms with E-state index in [2.05, 4.69) is 88.2 Å². The third-order valence-electron chi connectivity index (χ3n) is 9.42. The monoisotopic (exact) mass is 774 g/mol. The van der Waals surface area contributed by atoms with Crippen LogP contribution in [0.15, 0.2) is 204 Å². The molecule has 6 aromatic carbocycles. The summed E-state index contributed by atoms with van der Waals surface area (Å²) in [6, 6.07) is 62.1. The zero-order chi connectivity index (χ0) is 38.5. The van der Waals surface area contributed by atoms with Gasteiger partial charge in [-0.3, -0.25) is 0 Å². The number of hydrogen-bond donors (Lipinski definition) is 2. The Bertz CT molecular complexity index is 1980. The first kappa shape index (κ1) is 38.5. The maximum atomic E-state index is 9.15. The molecule has 2 aromatic heterocycles. The average molecular weight is 775 g/mol. The molecule has 2 heterocycles. The van der Waals surface area contributed by atoms with Crippen molar-refractivity contribution in [2.75, 3.05) is 24.7 Å². The molecule has 0 amide bonds. The zero-order valence-electron chi connectivity index (χ0n) is 30.7. The van der Waals surface area contributed by atoms with Crippen LogP contribution in [0.4, 0.5) is 0 Å². The lowest BCUT2D eigenvalue weighted by molar-refractivity contribution is 0.322. The van der Waals surface area contributed by atoms with E-state index >= 15 is 0 Å². The van der Waals surface area contributed by atoms with Gasteiger partial charge in [0, 0.05) is 11.5 Å². The second-order valence-electron chi connectivity index (χ2n) is 12.7. The lowest BCUT2D eigenvalue weighted by atomic mass is 9.77. The van der Waals surface area contributed by atoms with Crippen molar-refractivity contribution >= 4 is 23.5 Å². The second kappa shape index (κ2) is 18.7. The fourth-order valence-corrected chi connectivity index (χ4v) is 8.20. The Kier molecular flexibility index (Phi) is 12.9. The number of nitrogens with zero attached hydrogens (tertiary/aromatic N) is 6. The third kappa shape index (κ3) is 7.96. The van der Waals surface area contributed by atoms with Crippen LogP contribution in [-0.4, -0.2) is 64.9 Å². The molecule has 0 radical (unpaired) electrons. The average Bonchev–Trinajstić information content (AvgIpc) is 3.96. The smallest absolute Gasteiger partial charge is 0.157 e. The van der Waals surface area contributed by atoms with Crippen molar-refractivity contribution in [1.82, 2.24) is 30.0 Å². The summed E-state index contributed by atoms with van der Waals surface area (Å²) in [5.74, 6) is 1.18. The van der Waals surface area contributed by atoms with Gasteiger partial charge in [-0.15, -0.1) is 33.7 Å². The van der Waals surface area contributed by atoms with Gasteiger partial charge >= 0.3 is 0 Å². The van der Waals surface area contributed by atoms with Crippen molar-refractivity contribution in [3.8, 4) is 0 Å². The van der Waals surface area contributed by atoms with Crippen LogP contribution in [0.1, 0.15) is 33.4 Å². The molecule has 0 aliphatic rings. The Morgan fingerprint density at radius 2 is 0.786 bits per heavy atom. The van der Waals surface area contributed by atoms with E-state index in [0.717, 1.165) is 43.4 Å². The van der Waals surface area contributed by atoms with E-state index in [0.29, 0.717) is 11.5 Å². The van der Waals surface area contributed by atoms with E-state index in [1.54, 1.807) is 11.0 Å². The molecule has 56 heavy (non-hydrogen) atoms. The number of thioether (sulfide) groups is 2. The summed E-state index contributed by atoms with van der Waals surface area (Å²) in [5.41, 5.74) is 5.24. The highest BCUT2D eigenvalue weighted by Crippen LogP contribution is 2.42. The van der Waals surface area contributed by atoms with Gasteiger partial charge in [-0.05, 0) is 33.4 Å². The predicted octanol–water partition coefficient (Wildman–Crippen LogP) is 8.41. The summed E-state index contributed by atoms with van der Waals surface area (Å²) in [6.07, 6.45) is 3.73. The first-order valence-electron chi connectivity index (χ1n) is 18.4. The fraction of sp³-hybridized carbons (Fsp3) is 0.130. The zero-order valence-corrected chi connectivity index (χ0v) is 32.3.